The highest BCUT2D eigenvalue weighted by Crippen LogP contribution is 2.30. The van der Waals surface area contributed by atoms with E-state index in [9.17, 15) is 14.0 Å². The maximum atomic E-state index is 13.7. The Morgan fingerprint density at radius 1 is 1.14 bits per heavy atom. The molecule has 154 valence electrons. The molecule has 0 aliphatic carbocycles. The first kappa shape index (κ1) is 20.8. The third kappa shape index (κ3) is 5.13. The predicted molar refractivity (Wildman–Crippen MR) is 112 cm³/mol. The molecule has 3 rings (SSSR count). The Labute approximate surface area is 171 Å². The van der Waals surface area contributed by atoms with Crippen LogP contribution in [-0.4, -0.2) is 29.9 Å². The number of anilines is 1. The summed E-state index contributed by atoms with van der Waals surface area (Å²) >= 11 is 0. The molecule has 1 atom stereocenters. The predicted octanol–water partition coefficient (Wildman–Crippen LogP) is 4.39. The van der Waals surface area contributed by atoms with Crippen molar-refractivity contribution in [2.75, 3.05) is 18.4 Å². The van der Waals surface area contributed by atoms with Crippen molar-refractivity contribution in [1.82, 2.24) is 10.2 Å². The average molecular weight is 397 g/mol. The quantitative estimate of drug-likeness (QED) is 0.804. The van der Waals surface area contributed by atoms with Crippen molar-refractivity contribution in [1.29, 1.82) is 0 Å². The van der Waals surface area contributed by atoms with Gasteiger partial charge in [0.1, 0.15) is 5.82 Å². The molecule has 6 heteroatoms. The Kier molecular flexibility index (Phi) is 6.20. The Bertz CT molecular complexity index is 897. The summed E-state index contributed by atoms with van der Waals surface area (Å²) in [6.07, 6.45) is 1.46. The zero-order valence-corrected chi connectivity index (χ0v) is 17.2. The van der Waals surface area contributed by atoms with E-state index >= 15 is 0 Å². The molecule has 1 saturated heterocycles. The minimum Gasteiger partial charge on any atom is -0.351 e. The number of halogens is 1. The van der Waals surface area contributed by atoms with Gasteiger partial charge in [0, 0.05) is 25.3 Å². The van der Waals surface area contributed by atoms with Crippen molar-refractivity contribution in [3.05, 3.63) is 65.0 Å². The van der Waals surface area contributed by atoms with Gasteiger partial charge in [0.2, 0.25) is 5.91 Å². The van der Waals surface area contributed by atoms with Crippen LogP contribution in [0.1, 0.15) is 36.5 Å². The molecule has 0 radical (unpaired) electrons. The first-order chi connectivity index (χ1) is 13.8. The van der Waals surface area contributed by atoms with Gasteiger partial charge in [-0.05, 0) is 56.9 Å². The molecule has 29 heavy (non-hydrogen) atoms. The van der Waals surface area contributed by atoms with Crippen LogP contribution in [0.25, 0.3) is 0 Å². The van der Waals surface area contributed by atoms with Crippen LogP contribution in [0.4, 0.5) is 14.9 Å². The van der Waals surface area contributed by atoms with E-state index in [1.807, 2.05) is 38.1 Å². The van der Waals surface area contributed by atoms with Crippen molar-refractivity contribution in [2.24, 2.45) is 5.41 Å². The number of likely N-dealkylation sites (tertiary alicyclic amines) is 1. The summed E-state index contributed by atoms with van der Waals surface area (Å²) in [6.45, 7) is 6.95. The van der Waals surface area contributed by atoms with Crippen LogP contribution in [0.3, 0.4) is 0 Å². The summed E-state index contributed by atoms with van der Waals surface area (Å²) < 4.78 is 13.7. The second-order valence-corrected chi connectivity index (χ2v) is 8.15. The largest absolute Gasteiger partial charge is 0.351 e. The topological polar surface area (TPSA) is 61.4 Å². The van der Waals surface area contributed by atoms with Crippen molar-refractivity contribution in [2.45, 2.75) is 40.2 Å². The molecule has 3 amide bonds. The zero-order chi connectivity index (χ0) is 21.0. The van der Waals surface area contributed by atoms with Crippen LogP contribution in [0, 0.1) is 25.1 Å². The van der Waals surface area contributed by atoms with E-state index < -0.39 is 5.41 Å². The average Bonchev–Trinajstić information content (AvgIpc) is 2.70. The third-order valence-corrected chi connectivity index (χ3v) is 5.53. The maximum Gasteiger partial charge on any atom is 0.321 e. The Morgan fingerprint density at radius 2 is 1.86 bits per heavy atom. The smallest absolute Gasteiger partial charge is 0.321 e. The zero-order valence-electron chi connectivity index (χ0n) is 17.2. The van der Waals surface area contributed by atoms with Crippen LogP contribution >= 0.6 is 0 Å². The fourth-order valence-corrected chi connectivity index (χ4v) is 3.57. The summed E-state index contributed by atoms with van der Waals surface area (Å²) in [4.78, 5) is 27.1. The van der Waals surface area contributed by atoms with E-state index in [-0.39, 0.29) is 17.8 Å². The van der Waals surface area contributed by atoms with Gasteiger partial charge in [-0.25, -0.2) is 9.18 Å². The summed E-state index contributed by atoms with van der Waals surface area (Å²) in [6, 6.07) is 12.3. The summed E-state index contributed by atoms with van der Waals surface area (Å²) in [5.41, 5.74) is 2.50. The lowest BCUT2D eigenvalue weighted by atomic mass is 9.81. The summed E-state index contributed by atoms with van der Waals surface area (Å²) in [5, 5.41) is 5.74. The monoisotopic (exact) mass is 397 g/mol. The number of amides is 3. The number of benzene rings is 2. The number of urea groups is 1. The van der Waals surface area contributed by atoms with E-state index in [4.69, 9.17) is 0 Å². The van der Waals surface area contributed by atoms with Gasteiger partial charge < -0.3 is 15.5 Å². The number of nitrogens with zero attached hydrogens (tertiary/aromatic N) is 1. The van der Waals surface area contributed by atoms with Gasteiger partial charge in [-0.1, -0.05) is 35.9 Å². The highest BCUT2D eigenvalue weighted by Gasteiger charge is 2.39. The van der Waals surface area contributed by atoms with E-state index in [0.717, 1.165) is 18.4 Å². The minimum atomic E-state index is -0.654. The van der Waals surface area contributed by atoms with Crippen molar-refractivity contribution in [3.63, 3.8) is 0 Å². The molecule has 1 fully saturated rings. The van der Waals surface area contributed by atoms with Gasteiger partial charge in [-0.15, -0.1) is 0 Å². The van der Waals surface area contributed by atoms with Crippen molar-refractivity contribution >= 4 is 17.6 Å². The molecule has 0 unspecified atom stereocenters. The number of hydrogen-bond donors (Lipinski definition) is 2. The standard InChI is InChI=1S/C23H28FN3O2/c1-16-5-8-18(9-6-16)14-25-21(28)23(3)11-4-12-27(15-23)22(29)26-19-10-7-17(2)20(24)13-19/h5-10,13H,4,11-12,14-15H2,1-3H3,(H,25,28)(H,26,29)/t23-/m1/s1. The second-order valence-electron chi connectivity index (χ2n) is 8.15. The third-order valence-electron chi connectivity index (χ3n) is 5.53. The normalized spacial score (nSPS) is 19.0. The fourth-order valence-electron chi connectivity index (χ4n) is 3.57. The lowest BCUT2D eigenvalue weighted by Crippen LogP contribution is -2.52. The molecule has 0 spiro atoms. The number of rotatable bonds is 4. The highest BCUT2D eigenvalue weighted by atomic mass is 19.1. The van der Waals surface area contributed by atoms with E-state index in [1.54, 1.807) is 24.0 Å². The van der Waals surface area contributed by atoms with Gasteiger partial charge in [0.25, 0.3) is 0 Å². The lowest BCUT2D eigenvalue weighted by Gasteiger charge is -2.39. The Hall–Kier alpha value is -2.89. The maximum absolute atomic E-state index is 13.7. The van der Waals surface area contributed by atoms with Gasteiger partial charge in [0.05, 0.1) is 5.41 Å². The number of carbonyl (C=O) groups excluding carboxylic acids is 2. The number of carbonyl (C=O) groups is 2. The number of hydrogen-bond acceptors (Lipinski definition) is 2. The molecule has 1 heterocycles. The number of nitrogens with one attached hydrogen (secondary N) is 2. The molecule has 0 aromatic heterocycles. The van der Waals surface area contributed by atoms with Crippen molar-refractivity contribution in [3.8, 4) is 0 Å². The lowest BCUT2D eigenvalue weighted by molar-refractivity contribution is -0.132. The summed E-state index contributed by atoms with van der Waals surface area (Å²) in [7, 11) is 0. The molecule has 2 N–H and O–H groups in total. The molecule has 5 nitrogen and oxygen atoms in total. The fraction of sp³-hybridized carbons (Fsp3) is 0.391. The second kappa shape index (κ2) is 8.64. The van der Waals surface area contributed by atoms with Crippen LogP contribution in [0.2, 0.25) is 0 Å². The summed E-state index contributed by atoms with van der Waals surface area (Å²) in [5.74, 6) is -0.418. The minimum absolute atomic E-state index is 0.0584. The van der Waals surface area contributed by atoms with E-state index in [2.05, 4.69) is 10.6 Å². The van der Waals surface area contributed by atoms with Gasteiger partial charge in [0.15, 0.2) is 0 Å². The highest BCUT2D eigenvalue weighted by molar-refractivity contribution is 5.90. The Morgan fingerprint density at radius 3 is 2.55 bits per heavy atom. The molecular formula is C23H28FN3O2. The van der Waals surface area contributed by atoms with Gasteiger partial charge >= 0.3 is 6.03 Å². The van der Waals surface area contributed by atoms with Crippen LogP contribution in [-0.2, 0) is 11.3 Å². The first-order valence-corrected chi connectivity index (χ1v) is 9.93. The number of aryl methyl sites for hydroxylation is 2. The van der Waals surface area contributed by atoms with E-state index in [0.29, 0.717) is 30.9 Å². The molecule has 1 aliphatic heterocycles. The molecule has 2 aromatic carbocycles. The molecule has 1 aliphatic rings. The SMILES string of the molecule is Cc1ccc(CNC(=O)[C@]2(C)CCCN(C(=O)Nc3ccc(C)c(F)c3)C2)cc1. The molecular weight excluding hydrogens is 369 g/mol. The molecule has 0 saturated carbocycles. The number of piperidine rings is 1. The van der Waals surface area contributed by atoms with Crippen LogP contribution < -0.4 is 10.6 Å². The van der Waals surface area contributed by atoms with Crippen LogP contribution in [0.5, 0.6) is 0 Å². The first-order valence-electron chi connectivity index (χ1n) is 9.93. The van der Waals surface area contributed by atoms with Gasteiger partial charge in [-0.3, -0.25) is 4.79 Å². The van der Waals surface area contributed by atoms with E-state index in [1.165, 1.54) is 11.6 Å². The van der Waals surface area contributed by atoms with Gasteiger partial charge in [-0.2, -0.15) is 0 Å². The Balaban J connectivity index is 1.60. The molecule has 0 bridgehead atoms. The molecule has 2 aromatic rings. The van der Waals surface area contributed by atoms with Crippen LogP contribution in [0.15, 0.2) is 42.5 Å². The van der Waals surface area contributed by atoms with Crippen molar-refractivity contribution < 1.29 is 14.0 Å².